The van der Waals surface area contributed by atoms with E-state index in [-0.39, 0.29) is 22.1 Å². The summed E-state index contributed by atoms with van der Waals surface area (Å²) in [5.74, 6) is -0.161. The molecule has 0 bridgehead atoms. The monoisotopic (exact) mass is 508 g/mol. The maximum atomic E-state index is 13.1. The van der Waals surface area contributed by atoms with Gasteiger partial charge in [-0.25, -0.2) is 13.2 Å². The topological polar surface area (TPSA) is 102 Å². The van der Waals surface area contributed by atoms with Crippen molar-refractivity contribution in [1.29, 1.82) is 0 Å². The first-order valence-electron chi connectivity index (χ1n) is 11.7. The second-order valence-corrected chi connectivity index (χ2v) is 10.4. The minimum Gasteiger partial charge on any atom is -0.497 e. The third-order valence-electron chi connectivity index (χ3n) is 5.93. The maximum Gasteiger partial charge on any atom is 0.343 e. The van der Waals surface area contributed by atoms with Gasteiger partial charge < -0.3 is 14.8 Å². The zero-order valence-electron chi connectivity index (χ0n) is 20.0. The van der Waals surface area contributed by atoms with Crippen molar-refractivity contribution in [3.05, 3.63) is 83.9 Å². The molecule has 1 aliphatic rings. The Balaban J connectivity index is 1.45. The van der Waals surface area contributed by atoms with Crippen LogP contribution in [-0.4, -0.2) is 44.8 Å². The molecule has 1 heterocycles. The number of nitrogens with one attached hydrogen (secondary N) is 1. The highest BCUT2D eigenvalue weighted by Gasteiger charge is 2.26. The number of benzene rings is 3. The Bertz CT molecular complexity index is 1330. The van der Waals surface area contributed by atoms with Crippen LogP contribution in [0.4, 0.5) is 5.69 Å². The van der Waals surface area contributed by atoms with Crippen LogP contribution in [0.15, 0.2) is 77.7 Å². The van der Waals surface area contributed by atoms with Gasteiger partial charge in [0.2, 0.25) is 10.0 Å². The third-order valence-corrected chi connectivity index (χ3v) is 7.82. The molecule has 1 saturated heterocycles. The average molecular weight is 509 g/mol. The molecule has 0 atom stereocenters. The van der Waals surface area contributed by atoms with Crippen LogP contribution in [-0.2, 0) is 10.0 Å². The zero-order chi connectivity index (χ0) is 25.5. The molecule has 0 aromatic heterocycles. The zero-order valence-corrected chi connectivity index (χ0v) is 20.8. The molecule has 0 spiro atoms. The van der Waals surface area contributed by atoms with Crippen molar-refractivity contribution in [3.63, 3.8) is 0 Å². The summed E-state index contributed by atoms with van der Waals surface area (Å²) in [7, 11) is -2.15. The number of methoxy groups -OCH3 is 1. The van der Waals surface area contributed by atoms with Crippen LogP contribution in [0.1, 0.15) is 46.4 Å². The number of carbonyl (C=O) groups is 2. The van der Waals surface area contributed by atoms with Crippen LogP contribution >= 0.6 is 0 Å². The van der Waals surface area contributed by atoms with Gasteiger partial charge in [-0.1, -0.05) is 25.0 Å². The molecule has 4 rings (SSSR count). The first kappa shape index (κ1) is 25.4. The lowest BCUT2D eigenvalue weighted by molar-refractivity contribution is 0.0734. The molecule has 0 radical (unpaired) electrons. The molecule has 0 unspecified atom stereocenters. The number of hydrogen-bond donors (Lipinski definition) is 1. The maximum absolute atomic E-state index is 13.1. The molecule has 0 saturated carbocycles. The minimum atomic E-state index is -3.70. The van der Waals surface area contributed by atoms with Crippen molar-refractivity contribution in [2.45, 2.75) is 30.6 Å². The van der Waals surface area contributed by atoms with Gasteiger partial charge in [-0.15, -0.1) is 0 Å². The fourth-order valence-electron chi connectivity index (χ4n) is 3.96. The number of sulfonamides is 1. The Morgan fingerprint density at radius 1 is 0.806 bits per heavy atom. The Kier molecular flexibility index (Phi) is 8.02. The predicted octanol–water partition coefficient (Wildman–Crippen LogP) is 4.73. The summed E-state index contributed by atoms with van der Waals surface area (Å²) in [4.78, 5) is 25.4. The summed E-state index contributed by atoms with van der Waals surface area (Å²) in [5, 5.41) is 2.76. The molecule has 36 heavy (non-hydrogen) atoms. The Morgan fingerprint density at radius 3 is 2.19 bits per heavy atom. The van der Waals surface area contributed by atoms with E-state index in [0.717, 1.165) is 25.7 Å². The molecule has 3 aromatic carbocycles. The quantitative estimate of drug-likeness (QED) is 0.366. The lowest BCUT2D eigenvalue weighted by Crippen LogP contribution is -2.32. The van der Waals surface area contributed by atoms with Crippen molar-refractivity contribution < 1.29 is 27.5 Å². The van der Waals surface area contributed by atoms with Crippen molar-refractivity contribution >= 4 is 27.6 Å². The molecule has 1 N–H and O–H groups in total. The number of esters is 1. The number of rotatable bonds is 7. The fourth-order valence-corrected chi connectivity index (χ4v) is 5.53. The molecule has 1 aliphatic heterocycles. The summed E-state index contributed by atoms with van der Waals surface area (Å²) >= 11 is 0. The van der Waals surface area contributed by atoms with Gasteiger partial charge in [-0.05, 0) is 67.4 Å². The summed E-state index contributed by atoms with van der Waals surface area (Å²) < 4.78 is 38.3. The van der Waals surface area contributed by atoms with Crippen LogP contribution in [0.25, 0.3) is 0 Å². The van der Waals surface area contributed by atoms with Crippen LogP contribution in [0.2, 0.25) is 0 Å². The van der Waals surface area contributed by atoms with Crippen molar-refractivity contribution in [3.8, 4) is 11.5 Å². The Morgan fingerprint density at radius 2 is 1.50 bits per heavy atom. The number of carbonyl (C=O) groups excluding carboxylic acids is 2. The van der Waals surface area contributed by atoms with Gasteiger partial charge >= 0.3 is 5.97 Å². The molecule has 8 nitrogen and oxygen atoms in total. The minimum absolute atomic E-state index is 0.0688. The highest BCUT2D eigenvalue weighted by Crippen LogP contribution is 2.23. The molecule has 1 fully saturated rings. The highest BCUT2D eigenvalue weighted by atomic mass is 32.2. The van der Waals surface area contributed by atoms with E-state index in [2.05, 4.69) is 5.32 Å². The van der Waals surface area contributed by atoms with Crippen molar-refractivity contribution in [1.82, 2.24) is 4.31 Å². The smallest absolute Gasteiger partial charge is 0.343 e. The van der Waals surface area contributed by atoms with E-state index in [1.54, 1.807) is 49.6 Å². The number of ether oxygens (including phenoxy) is 2. The second kappa shape index (κ2) is 11.4. The van der Waals surface area contributed by atoms with E-state index >= 15 is 0 Å². The molecular formula is C27H28N2O6S. The van der Waals surface area contributed by atoms with Gasteiger partial charge in [-0.2, -0.15) is 4.31 Å². The van der Waals surface area contributed by atoms with Gasteiger partial charge in [0.15, 0.2) is 0 Å². The van der Waals surface area contributed by atoms with E-state index < -0.39 is 16.0 Å². The SMILES string of the molecule is COc1ccc(C(=O)Nc2cccc(OC(=O)c3cccc(S(=O)(=O)N4CCCCCC4)c3)c2)cc1. The predicted molar refractivity (Wildman–Crippen MR) is 136 cm³/mol. The first-order chi connectivity index (χ1) is 17.4. The second-order valence-electron chi connectivity index (χ2n) is 8.45. The Labute approximate surface area is 210 Å². The fraction of sp³-hybridized carbons (Fsp3) is 0.259. The molecule has 9 heteroatoms. The summed E-state index contributed by atoms with van der Waals surface area (Å²) in [6, 6.07) is 19.0. The summed E-state index contributed by atoms with van der Waals surface area (Å²) in [5.41, 5.74) is 1.01. The number of amides is 1. The van der Waals surface area contributed by atoms with Gasteiger partial charge in [0.25, 0.3) is 5.91 Å². The molecular weight excluding hydrogens is 480 g/mol. The molecule has 0 aliphatic carbocycles. The molecule has 1 amide bonds. The highest BCUT2D eigenvalue weighted by molar-refractivity contribution is 7.89. The number of hydrogen-bond acceptors (Lipinski definition) is 6. The Hall–Kier alpha value is -3.69. The molecule has 188 valence electrons. The first-order valence-corrected chi connectivity index (χ1v) is 13.2. The largest absolute Gasteiger partial charge is 0.497 e. The van der Waals surface area contributed by atoms with Gasteiger partial charge in [-0.3, -0.25) is 4.79 Å². The van der Waals surface area contributed by atoms with Crippen LogP contribution in [0.5, 0.6) is 11.5 Å². The average Bonchev–Trinajstić information content (AvgIpc) is 3.19. The lowest BCUT2D eigenvalue weighted by atomic mass is 10.2. The third kappa shape index (κ3) is 6.10. The van der Waals surface area contributed by atoms with E-state index in [4.69, 9.17) is 9.47 Å². The standard InChI is InChI=1S/C27H28N2O6S/c1-34-23-14-12-20(13-15-23)26(30)28-22-9-7-10-24(19-22)35-27(31)21-8-6-11-25(18-21)36(32,33)29-16-4-2-3-5-17-29/h6-15,18-19H,2-5,16-17H2,1H3,(H,28,30). The van der Waals surface area contributed by atoms with E-state index in [1.165, 1.54) is 34.6 Å². The van der Waals surface area contributed by atoms with Crippen LogP contribution in [0, 0.1) is 0 Å². The van der Waals surface area contributed by atoms with Crippen molar-refractivity contribution in [2.24, 2.45) is 0 Å². The van der Waals surface area contributed by atoms with Crippen LogP contribution < -0.4 is 14.8 Å². The van der Waals surface area contributed by atoms with Gasteiger partial charge in [0, 0.05) is 30.4 Å². The number of nitrogens with zero attached hydrogens (tertiary/aromatic N) is 1. The van der Waals surface area contributed by atoms with Gasteiger partial charge in [0.05, 0.1) is 17.6 Å². The summed E-state index contributed by atoms with van der Waals surface area (Å²) in [6.45, 7) is 0.956. The normalized spacial score (nSPS) is 14.5. The van der Waals surface area contributed by atoms with Gasteiger partial charge in [0.1, 0.15) is 11.5 Å². The molecule has 3 aromatic rings. The van der Waals surface area contributed by atoms with Crippen molar-refractivity contribution in [2.75, 3.05) is 25.5 Å². The lowest BCUT2D eigenvalue weighted by Gasteiger charge is -2.20. The van der Waals surface area contributed by atoms with E-state index in [9.17, 15) is 18.0 Å². The van der Waals surface area contributed by atoms with E-state index in [0.29, 0.717) is 30.1 Å². The number of anilines is 1. The van der Waals surface area contributed by atoms with Crippen LogP contribution in [0.3, 0.4) is 0 Å². The van der Waals surface area contributed by atoms with E-state index in [1.807, 2.05) is 0 Å². The summed E-state index contributed by atoms with van der Waals surface area (Å²) in [6.07, 6.45) is 3.68.